The Bertz CT molecular complexity index is 1280. The van der Waals surface area contributed by atoms with Crippen molar-refractivity contribution in [2.45, 2.75) is 322 Å². The number of carbonyl (C=O) groups excluding carboxylic acids is 3. The molecule has 0 rings (SSSR count). The normalized spacial score (nSPS) is 12.4. The molecule has 412 valence electrons. The predicted molar refractivity (Wildman–Crippen MR) is 307 cm³/mol. The topological polar surface area (TPSA) is 78.9 Å². The summed E-state index contributed by atoms with van der Waals surface area (Å²) in [6.45, 7) is 6.62. The standard InChI is InChI=1S/C65H116O6/c1-4-7-10-13-16-19-22-25-27-29-30-31-32-33-34-36-37-40-43-46-49-52-55-58-64(67)70-61-62(60-69-63(66)57-54-51-48-45-42-39-24-21-18-15-12-9-6-3)71-65(68)59-56-53-50-47-44-41-38-35-28-26-23-20-17-14-11-8-5-2/h21-22,24-26,28-30,32-33,62H,4-20,23,27,31,34-61H2,1-3H3/b24-21-,25-22-,28-26-,30-29-,33-32-. The van der Waals surface area contributed by atoms with Crippen molar-refractivity contribution >= 4 is 17.9 Å². The van der Waals surface area contributed by atoms with Gasteiger partial charge in [0.25, 0.3) is 0 Å². The highest BCUT2D eigenvalue weighted by molar-refractivity contribution is 5.71. The van der Waals surface area contributed by atoms with Gasteiger partial charge in [-0.25, -0.2) is 0 Å². The van der Waals surface area contributed by atoms with Gasteiger partial charge in [0, 0.05) is 19.3 Å². The number of ether oxygens (including phenoxy) is 3. The van der Waals surface area contributed by atoms with Crippen LogP contribution >= 0.6 is 0 Å². The Hall–Kier alpha value is -2.89. The van der Waals surface area contributed by atoms with E-state index in [1.165, 1.54) is 193 Å². The molecule has 0 aliphatic carbocycles. The van der Waals surface area contributed by atoms with Crippen molar-refractivity contribution < 1.29 is 28.6 Å². The third kappa shape index (κ3) is 57.9. The van der Waals surface area contributed by atoms with Gasteiger partial charge < -0.3 is 14.2 Å². The molecule has 0 fully saturated rings. The first kappa shape index (κ1) is 68.1. The Morgan fingerprint density at radius 3 is 0.817 bits per heavy atom. The van der Waals surface area contributed by atoms with Gasteiger partial charge in [0.2, 0.25) is 0 Å². The van der Waals surface area contributed by atoms with E-state index < -0.39 is 6.10 Å². The predicted octanol–water partition coefficient (Wildman–Crippen LogP) is 20.8. The number of hydrogen-bond acceptors (Lipinski definition) is 6. The second-order valence-corrected chi connectivity index (χ2v) is 20.6. The molecule has 0 radical (unpaired) electrons. The lowest BCUT2D eigenvalue weighted by Crippen LogP contribution is -2.30. The minimum Gasteiger partial charge on any atom is -0.462 e. The minimum absolute atomic E-state index is 0.0812. The summed E-state index contributed by atoms with van der Waals surface area (Å²) in [6.07, 6.45) is 75.0. The van der Waals surface area contributed by atoms with E-state index in [9.17, 15) is 14.4 Å². The highest BCUT2D eigenvalue weighted by atomic mass is 16.6. The van der Waals surface area contributed by atoms with Crippen molar-refractivity contribution in [2.75, 3.05) is 13.2 Å². The molecule has 0 saturated heterocycles. The first-order valence-electron chi connectivity index (χ1n) is 30.8. The quantitative estimate of drug-likeness (QED) is 0.0261. The van der Waals surface area contributed by atoms with Gasteiger partial charge in [-0.05, 0) is 109 Å². The average molecular weight is 994 g/mol. The molecule has 0 N–H and O–H groups in total. The number of rotatable bonds is 56. The van der Waals surface area contributed by atoms with Gasteiger partial charge in [-0.15, -0.1) is 0 Å². The highest BCUT2D eigenvalue weighted by Gasteiger charge is 2.19. The molecule has 1 unspecified atom stereocenters. The smallest absolute Gasteiger partial charge is 0.306 e. The van der Waals surface area contributed by atoms with Crippen molar-refractivity contribution in [1.29, 1.82) is 0 Å². The largest absolute Gasteiger partial charge is 0.462 e. The lowest BCUT2D eigenvalue weighted by molar-refractivity contribution is -0.167. The molecule has 6 heteroatoms. The fourth-order valence-electron chi connectivity index (χ4n) is 8.79. The first-order valence-corrected chi connectivity index (χ1v) is 30.8. The van der Waals surface area contributed by atoms with Crippen LogP contribution in [0, 0.1) is 0 Å². The van der Waals surface area contributed by atoms with Crippen molar-refractivity contribution in [2.24, 2.45) is 0 Å². The molecule has 0 spiro atoms. The van der Waals surface area contributed by atoms with Crippen LogP contribution in [-0.2, 0) is 28.6 Å². The monoisotopic (exact) mass is 993 g/mol. The van der Waals surface area contributed by atoms with Gasteiger partial charge in [0.1, 0.15) is 13.2 Å². The molecule has 0 aromatic heterocycles. The van der Waals surface area contributed by atoms with E-state index in [0.717, 1.165) is 83.5 Å². The van der Waals surface area contributed by atoms with Crippen LogP contribution in [0.15, 0.2) is 60.8 Å². The summed E-state index contributed by atoms with van der Waals surface area (Å²) < 4.78 is 16.9. The van der Waals surface area contributed by atoms with E-state index in [0.29, 0.717) is 19.3 Å². The average Bonchev–Trinajstić information content (AvgIpc) is 3.37. The summed E-state index contributed by atoms with van der Waals surface area (Å²) in [6, 6.07) is 0. The second-order valence-electron chi connectivity index (χ2n) is 20.6. The van der Waals surface area contributed by atoms with Gasteiger partial charge in [0.05, 0.1) is 0 Å². The molecule has 0 aromatic rings. The fraction of sp³-hybridized carbons (Fsp3) is 0.800. The molecule has 0 aliphatic heterocycles. The molecular weight excluding hydrogens is 877 g/mol. The molecule has 0 aliphatic rings. The number of carbonyl (C=O) groups is 3. The summed E-state index contributed by atoms with van der Waals surface area (Å²) >= 11 is 0. The van der Waals surface area contributed by atoms with Gasteiger partial charge >= 0.3 is 17.9 Å². The summed E-state index contributed by atoms with van der Waals surface area (Å²) in [4.78, 5) is 38.2. The van der Waals surface area contributed by atoms with Gasteiger partial charge in [0.15, 0.2) is 6.10 Å². The highest BCUT2D eigenvalue weighted by Crippen LogP contribution is 2.16. The maximum Gasteiger partial charge on any atom is 0.306 e. The molecule has 0 amide bonds. The Morgan fingerprint density at radius 1 is 0.282 bits per heavy atom. The van der Waals surface area contributed by atoms with Crippen LogP contribution in [0.5, 0.6) is 0 Å². The molecule has 6 nitrogen and oxygen atoms in total. The van der Waals surface area contributed by atoms with Crippen molar-refractivity contribution in [3.8, 4) is 0 Å². The van der Waals surface area contributed by atoms with Crippen LogP contribution in [0.4, 0.5) is 0 Å². The Morgan fingerprint density at radius 2 is 0.507 bits per heavy atom. The molecule has 0 bridgehead atoms. The Labute approximate surface area is 440 Å². The van der Waals surface area contributed by atoms with E-state index in [4.69, 9.17) is 14.2 Å². The Kier molecular flexibility index (Phi) is 57.2. The molecule has 0 heterocycles. The summed E-state index contributed by atoms with van der Waals surface area (Å²) in [7, 11) is 0. The van der Waals surface area contributed by atoms with Crippen molar-refractivity contribution in [3.63, 3.8) is 0 Å². The van der Waals surface area contributed by atoms with Gasteiger partial charge in [-0.3, -0.25) is 14.4 Å². The molecule has 71 heavy (non-hydrogen) atoms. The first-order chi connectivity index (χ1) is 35.0. The van der Waals surface area contributed by atoms with E-state index in [-0.39, 0.29) is 31.1 Å². The molecule has 1 atom stereocenters. The second kappa shape index (κ2) is 59.7. The lowest BCUT2D eigenvalue weighted by Gasteiger charge is -2.18. The zero-order valence-corrected chi connectivity index (χ0v) is 47.2. The maximum absolute atomic E-state index is 12.9. The zero-order valence-electron chi connectivity index (χ0n) is 47.2. The SMILES string of the molecule is CCCCCC/C=C\CCCCCCCC(=O)OCC(COC(=O)CCCCCCCCCC/C=C\C/C=C\C/C=C\CCCCCCC)OC(=O)CCCCCCCCC/C=C\CCCCCCCC. The van der Waals surface area contributed by atoms with Crippen LogP contribution in [0.25, 0.3) is 0 Å². The van der Waals surface area contributed by atoms with Crippen molar-refractivity contribution in [3.05, 3.63) is 60.8 Å². The summed E-state index contributed by atoms with van der Waals surface area (Å²) in [5.41, 5.74) is 0. The van der Waals surface area contributed by atoms with Crippen LogP contribution in [0.3, 0.4) is 0 Å². The number of unbranched alkanes of at least 4 members (excludes halogenated alkanes) is 35. The lowest BCUT2D eigenvalue weighted by atomic mass is 10.1. The fourth-order valence-corrected chi connectivity index (χ4v) is 8.79. The maximum atomic E-state index is 12.9. The van der Waals surface area contributed by atoms with E-state index in [1.54, 1.807) is 0 Å². The number of esters is 3. The number of hydrogen-bond donors (Lipinski definition) is 0. The minimum atomic E-state index is -0.783. The van der Waals surface area contributed by atoms with Crippen LogP contribution in [0.1, 0.15) is 316 Å². The Balaban J connectivity index is 4.34. The molecule has 0 aromatic carbocycles. The summed E-state index contributed by atoms with van der Waals surface area (Å²) in [5, 5.41) is 0. The third-order valence-electron chi connectivity index (χ3n) is 13.5. The van der Waals surface area contributed by atoms with Crippen molar-refractivity contribution in [1.82, 2.24) is 0 Å². The van der Waals surface area contributed by atoms with Crippen LogP contribution in [-0.4, -0.2) is 37.2 Å². The number of allylic oxidation sites excluding steroid dienone is 10. The third-order valence-corrected chi connectivity index (χ3v) is 13.5. The van der Waals surface area contributed by atoms with Gasteiger partial charge in [-0.1, -0.05) is 248 Å². The summed E-state index contributed by atoms with van der Waals surface area (Å²) in [5.74, 6) is -0.888. The molecular formula is C65H116O6. The van der Waals surface area contributed by atoms with E-state index in [1.807, 2.05) is 0 Å². The zero-order chi connectivity index (χ0) is 51.4. The van der Waals surface area contributed by atoms with Crippen LogP contribution < -0.4 is 0 Å². The molecule has 0 saturated carbocycles. The van der Waals surface area contributed by atoms with E-state index >= 15 is 0 Å². The van der Waals surface area contributed by atoms with Crippen LogP contribution in [0.2, 0.25) is 0 Å². The van der Waals surface area contributed by atoms with Gasteiger partial charge in [-0.2, -0.15) is 0 Å². The van der Waals surface area contributed by atoms with E-state index in [2.05, 4.69) is 81.5 Å².